The van der Waals surface area contributed by atoms with E-state index < -0.39 is 10.0 Å². The van der Waals surface area contributed by atoms with Gasteiger partial charge in [-0.05, 0) is 18.2 Å². The fraction of sp³-hybridized carbons (Fsp3) is 0.111. The van der Waals surface area contributed by atoms with Gasteiger partial charge in [-0.15, -0.1) is 11.4 Å². The molecule has 1 rings (SSSR count). The van der Waals surface area contributed by atoms with Gasteiger partial charge in [0, 0.05) is 6.54 Å². The van der Waals surface area contributed by atoms with Gasteiger partial charge in [0.05, 0.1) is 4.90 Å². The van der Waals surface area contributed by atoms with Gasteiger partial charge in [0.15, 0.2) is 0 Å². The predicted molar refractivity (Wildman–Crippen MR) is 53.8 cm³/mol. The standard InChI is InChI=1S/C9H11N2O2S/c1-2-8-10-11-14(12,13)9-6-4-3-5-7-9/h2,4-7,10-11H,1,8H2. The average molecular weight is 211 g/mol. The van der Waals surface area contributed by atoms with E-state index in [1.54, 1.807) is 18.2 Å². The molecule has 0 atom stereocenters. The maximum Gasteiger partial charge on any atom is 0.253 e. The molecule has 75 valence electrons. The molecule has 5 heteroatoms. The van der Waals surface area contributed by atoms with Crippen LogP contribution in [0, 0.1) is 6.07 Å². The fourth-order valence-electron chi connectivity index (χ4n) is 0.819. The van der Waals surface area contributed by atoms with E-state index in [1.807, 2.05) is 0 Å². The summed E-state index contributed by atoms with van der Waals surface area (Å²) >= 11 is 0. The minimum Gasteiger partial charge on any atom is -0.240 e. The molecule has 0 fully saturated rings. The van der Waals surface area contributed by atoms with E-state index in [1.165, 1.54) is 12.1 Å². The second-order valence-electron chi connectivity index (χ2n) is 2.51. The molecule has 0 unspecified atom stereocenters. The summed E-state index contributed by atoms with van der Waals surface area (Å²) in [7, 11) is -3.46. The van der Waals surface area contributed by atoms with Crippen LogP contribution < -0.4 is 10.3 Å². The molecule has 4 nitrogen and oxygen atoms in total. The average Bonchev–Trinajstić information content (AvgIpc) is 2.19. The Morgan fingerprint density at radius 3 is 2.64 bits per heavy atom. The number of rotatable bonds is 5. The van der Waals surface area contributed by atoms with Crippen LogP contribution in [-0.2, 0) is 10.0 Å². The Morgan fingerprint density at radius 1 is 1.43 bits per heavy atom. The van der Waals surface area contributed by atoms with Crippen molar-refractivity contribution >= 4 is 10.0 Å². The van der Waals surface area contributed by atoms with E-state index in [4.69, 9.17) is 0 Å². The van der Waals surface area contributed by atoms with E-state index >= 15 is 0 Å². The first kappa shape index (κ1) is 10.9. The number of hydrazine groups is 1. The highest BCUT2D eigenvalue weighted by Crippen LogP contribution is 2.05. The number of hydrogen-bond acceptors (Lipinski definition) is 3. The lowest BCUT2D eigenvalue weighted by Gasteiger charge is -2.05. The Labute approximate surface area is 83.7 Å². The highest BCUT2D eigenvalue weighted by Gasteiger charge is 2.11. The van der Waals surface area contributed by atoms with Gasteiger partial charge >= 0.3 is 0 Å². The predicted octanol–water partition coefficient (Wildman–Crippen LogP) is 0.456. The van der Waals surface area contributed by atoms with Crippen LogP contribution in [0.4, 0.5) is 0 Å². The van der Waals surface area contributed by atoms with Crippen molar-refractivity contribution in [2.24, 2.45) is 0 Å². The van der Waals surface area contributed by atoms with Crippen molar-refractivity contribution in [2.45, 2.75) is 4.90 Å². The molecule has 0 spiro atoms. The summed E-state index contributed by atoms with van der Waals surface area (Å²) in [6.45, 7) is 3.82. The summed E-state index contributed by atoms with van der Waals surface area (Å²) in [6.07, 6.45) is 1.56. The molecule has 1 aromatic rings. The van der Waals surface area contributed by atoms with Gasteiger partial charge in [-0.1, -0.05) is 18.2 Å². The molecule has 0 aliphatic heterocycles. The Bertz CT molecular complexity index is 387. The topological polar surface area (TPSA) is 58.2 Å². The highest BCUT2D eigenvalue weighted by molar-refractivity contribution is 7.89. The first-order chi connectivity index (χ1) is 6.67. The summed E-state index contributed by atoms with van der Waals surface area (Å²) in [4.78, 5) is 2.41. The van der Waals surface area contributed by atoms with Gasteiger partial charge < -0.3 is 0 Å². The van der Waals surface area contributed by atoms with Crippen LogP contribution >= 0.6 is 0 Å². The molecular formula is C9H11N2O2S. The summed E-state index contributed by atoms with van der Waals surface area (Å²) in [5.74, 6) is 0. The van der Waals surface area contributed by atoms with E-state index in [2.05, 4.69) is 22.9 Å². The first-order valence-corrected chi connectivity index (χ1v) is 5.47. The molecule has 14 heavy (non-hydrogen) atoms. The van der Waals surface area contributed by atoms with Crippen LogP contribution in [0.2, 0.25) is 0 Å². The first-order valence-electron chi connectivity index (χ1n) is 3.98. The molecule has 0 heterocycles. The maximum absolute atomic E-state index is 11.5. The lowest BCUT2D eigenvalue weighted by Crippen LogP contribution is -2.37. The van der Waals surface area contributed by atoms with Crippen LogP contribution in [0.3, 0.4) is 0 Å². The molecule has 2 N–H and O–H groups in total. The fourth-order valence-corrected chi connectivity index (χ4v) is 1.70. The van der Waals surface area contributed by atoms with Crippen molar-refractivity contribution in [3.63, 3.8) is 0 Å². The second-order valence-corrected chi connectivity index (χ2v) is 4.19. The summed E-state index contributed by atoms with van der Waals surface area (Å²) in [5.41, 5.74) is 2.51. The lowest BCUT2D eigenvalue weighted by molar-refractivity contribution is 0.565. The second kappa shape index (κ2) is 4.90. The number of benzene rings is 1. The zero-order valence-electron chi connectivity index (χ0n) is 7.53. The van der Waals surface area contributed by atoms with Crippen LogP contribution in [0.25, 0.3) is 0 Å². The van der Waals surface area contributed by atoms with E-state index in [-0.39, 0.29) is 4.90 Å². The van der Waals surface area contributed by atoms with E-state index in [0.717, 1.165) is 0 Å². The Balaban J connectivity index is 2.72. The van der Waals surface area contributed by atoms with Gasteiger partial charge in [0.25, 0.3) is 10.0 Å². The Kier molecular flexibility index (Phi) is 3.82. The summed E-state index contributed by atoms with van der Waals surface area (Å²) in [5, 5.41) is 0. The Morgan fingerprint density at radius 2 is 2.07 bits per heavy atom. The SMILES string of the molecule is C=CCNNS(=O)(=O)c1cc[c]cc1. The van der Waals surface area contributed by atoms with Crippen molar-refractivity contribution in [3.8, 4) is 0 Å². The summed E-state index contributed by atoms with van der Waals surface area (Å²) < 4.78 is 23.0. The quantitative estimate of drug-likeness (QED) is 0.422. The number of hydrogen-bond donors (Lipinski definition) is 2. The monoisotopic (exact) mass is 211 g/mol. The smallest absolute Gasteiger partial charge is 0.240 e. The molecule has 0 amide bonds. The zero-order valence-corrected chi connectivity index (χ0v) is 8.34. The molecule has 0 saturated carbocycles. The third-order valence-electron chi connectivity index (χ3n) is 1.45. The van der Waals surface area contributed by atoms with Crippen molar-refractivity contribution in [1.29, 1.82) is 0 Å². The third kappa shape index (κ3) is 2.95. The largest absolute Gasteiger partial charge is 0.253 e. The van der Waals surface area contributed by atoms with Crippen LogP contribution in [-0.4, -0.2) is 15.0 Å². The molecular weight excluding hydrogens is 200 g/mol. The van der Waals surface area contributed by atoms with E-state index in [0.29, 0.717) is 6.54 Å². The minimum absolute atomic E-state index is 0.202. The lowest BCUT2D eigenvalue weighted by atomic mass is 10.4. The minimum atomic E-state index is -3.46. The van der Waals surface area contributed by atoms with Crippen molar-refractivity contribution < 1.29 is 8.42 Å². The highest BCUT2D eigenvalue weighted by atomic mass is 32.2. The van der Waals surface area contributed by atoms with E-state index in [9.17, 15) is 8.42 Å². The number of sulfonamides is 1. The molecule has 0 aliphatic carbocycles. The molecule has 1 radical (unpaired) electrons. The third-order valence-corrected chi connectivity index (χ3v) is 2.76. The van der Waals surface area contributed by atoms with Crippen LogP contribution in [0.5, 0.6) is 0 Å². The zero-order chi connectivity index (χ0) is 10.4. The van der Waals surface area contributed by atoms with Gasteiger partial charge in [0.2, 0.25) is 0 Å². The molecule has 1 aromatic carbocycles. The van der Waals surface area contributed by atoms with Gasteiger partial charge in [-0.25, -0.2) is 13.8 Å². The maximum atomic E-state index is 11.5. The van der Waals surface area contributed by atoms with Crippen molar-refractivity contribution in [1.82, 2.24) is 10.3 Å². The molecule has 0 aliphatic rings. The van der Waals surface area contributed by atoms with Crippen molar-refractivity contribution in [3.05, 3.63) is 43.0 Å². The van der Waals surface area contributed by atoms with Gasteiger partial charge in [-0.2, -0.15) is 0 Å². The Hall–Kier alpha value is -1.17. The molecule has 0 bridgehead atoms. The van der Waals surface area contributed by atoms with Crippen LogP contribution in [0.15, 0.2) is 41.8 Å². The van der Waals surface area contributed by atoms with Gasteiger partial charge in [-0.3, -0.25) is 0 Å². The van der Waals surface area contributed by atoms with Crippen molar-refractivity contribution in [2.75, 3.05) is 6.54 Å². The van der Waals surface area contributed by atoms with Gasteiger partial charge in [0.1, 0.15) is 0 Å². The molecule has 0 saturated heterocycles. The van der Waals surface area contributed by atoms with Crippen LogP contribution in [0.1, 0.15) is 0 Å². The normalized spacial score (nSPS) is 11.1. The number of nitrogens with one attached hydrogen (secondary N) is 2. The molecule has 0 aromatic heterocycles. The summed E-state index contributed by atoms with van der Waals surface area (Å²) in [6, 6.07) is 8.77.